The molecule has 4 rings (SSSR count). The van der Waals surface area contributed by atoms with Crippen molar-refractivity contribution in [2.45, 2.75) is 5.03 Å². The van der Waals surface area contributed by atoms with E-state index in [0.717, 1.165) is 52.8 Å². The van der Waals surface area contributed by atoms with E-state index in [1.807, 2.05) is 59.5 Å². The number of aromatic nitrogens is 1. The van der Waals surface area contributed by atoms with Gasteiger partial charge in [0.15, 0.2) is 0 Å². The van der Waals surface area contributed by atoms with Gasteiger partial charge < -0.3 is 9.80 Å². The highest BCUT2D eigenvalue weighted by Crippen LogP contribution is 2.26. The van der Waals surface area contributed by atoms with Crippen molar-refractivity contribution in [1.82, 2.24) is 9.88 Å². The number of carbonyl (C=O) groups excluding carboxylic acids is 1. The molecule has 1 aliphatic heterocycles. The summed E-state index contributed by atoms with van der Waals surface area (Å²) in [4.78, 5) is 21.4. The number of hydrogen-bond acceptors (Lipinski definition) is 4. The molecule has 6 heteroatoms. The fourth-order valence-corrected chi connectivity index (χ4v) is 4.30. The van der Waals surface area contributed by atoms with Crippen LogP contribution in [0.5, 0.6) is 0 Å². The van der Waals surface area contributed by atoms with Crippen LogP contribution in [0.25, 0.3) is 10.9 Å². The van der Waals surface area contributed by atoms with Crippen LogP contribution in [0.15, 0.2) is 65.7 Å². The Morgan fingerprint density at radius 2 is 1.70 bits per heavy atom. The van der Waals surface area contributed by atoms with Crippen LogP contribution >= 0.6 is 23.4 Å². The molecule has 0 N–H and O–H groups in total. The van der Waals surface area contributed by atoms with Crippen LogP contribution in [0.1, 0.15) is 0 Å². The summed E-state index contributed by atoms with van der Waals surface area (Å²) < 4.78 is 0. The molecule has 3 aromatic rings. The monoisotopic (exact) mass is 397 g/mol. The number of hydrogen-bond donors (Lipinski definition) is 0. The number of amides is 1. The number of para-hydroxylation sites is 2. The predicted octanol–water partition coefficient (Wildman–Crippen LogP) is 4.33. The summed E-state index contributed by atoms with van der Waals surface area (Å²) >= 11 is 7.78. The number of carbonyl (C=O) groups is 1. The van der Waals surface area contributed by atoms with Crippen LogP contribution in [0, 0.1) is 0 Å². The number of rotatable bonds is 4. The second-order valence-corrected chi connectivity index (χ2v) is 7.85. The van der Waals surface area contributed by atoms with Crippen LogP contribution in [0.2, 0.25) is 5.02 Å². The summed E-state index contributed by atoms with van der Waals surface area (Å²) in [6.45, 7) is 3.04. The number of piperazine rings is 1. The van der Waals surface area contributed by atoms with E-state index in [4.69, 9.17) is 11.6 Å². The zero-order chi connectivity index (χ0) is 18.6. The Morgan fingerprint density at radius 1 is 0.963 bits per heavy atom. The zero-order valence-corrected chi connectivity index (χ0v) is 16.4. The molecule has 0 unspecified atom stereocenters. The Morgan fingerprint density at radius 3 is 2.52 bits per heavy atom. The molecule has 2 aromatic carbocycles. The van der Waals surface area contributed by atoms with Gasteiger partial charge in [-0.15, -0.1) is 0 Å². The number of fused-ring (bicyclic) bond motifs is 1. The summed E-state index contributed by atoms with van der Waals surface area (Å²) in [6, 6.07) is 19.9. The fraction of sp³-hybridized carbons (Fsp3) is 0.238. The molecule has 1 saturated heterocycles. The highest BCUT2D eigenvalue weighted by molar-refractivity contribution is 7.99. The first-order valence-electron chi connectivity index (χ1n) is 8.96. The molecule has 0 spiro atoms. The number of benzene rings is 2. The average molecular weight is 398 g/mol. The third kappa shape index (κ3) is 4.20. The highest BCUT2D eigenvalue weighted by Gasteiger charge is 2.22. The lowest BCUT2D eigenvalue weighted by Crippen LogP contribution is -2.49. The number of thioether (sulfide) groups is 1. The van der Waals surface area contributed by atoms with E-state index in [9.17, 15) is 4.79 Å². The van der Waals surface area contributed by atoms with E-state index in [2.05, 4.69) is 16.0 Å². The molecule has 1 fully saturated rings. The van der Waals surface area contributed by atoms with Gasteiger partial charge in [-0.25, -0.2) is 4.98 Å². The van der Waals surface area contributed by atoms with E-state index in [1.165, 1.54) is 11.8 Å². The molecule has 0 radical (unpaired) electrons. The Hall–Kier alpha value is -2.24. The first kappa shape index (κ1) is 18.1. The minimum Gasteiger partial charge on any atom is -0.367 e. The van der Waals surface area contributed by atoms with E-state index in [1.54, 1.807) is 0 Å². The van der Waals surface area contributed by atoms with Crippen molar-refractivity contribution < 1.29 is 4.79 Å². The molecule has 1 aliphatic rings. The van der Waals surface area contributed by atoms with E-state index >= 15 is 0 Å². The molecule has 1 amide bonds. The topological polar surface area (TPSA) is 36.4 Å². The smallest absolute Gasteiger partial charge is 0.233 e. The first-order chi connectivity index (χ1) is 13.2. The lowest BCUT2D eigenvalue weighted by molar-refractivity contribution is -0.128. The van der Waals surface area contributed by atoms with Crippen LogP contribution < -0.4 is 4.90 Å². The van der Waals surface area contributed by atoms with Crippen molar-refractivity contribution in [2.75, 3.05) is 36.8 Å². The van der Waals surface area contributed by atoms with Crippen LogP contribution in [-0.2, 0) is 4.79 Å². The Labute approximate surface area is 168 Å². The molecular formula is C21H20ClN3OS. The van der Waals surface area contributed by atoms with E-state index < -0.39 is 0 Å². The van der Waals surface area contributed by atoms with Gasteiger partial charge in [-0.1, -0.05) is 59.8 Å². The normalized spacial score (nSPS) is 14.6. The van der Waals surface area contributed by atoms with Gasteiger partial charge in [0.05, 0.1) is 27.0 Å². The quantitative estimate of drug-likeness (QED) is 0.614. The molecule has 0 bridgehead atoms. The van der Waals surface area contributed by atoms with Crippen LogP contribution in [0.3, 0.4) is 0 Å². The van der Waals surface area contributed by atoms with Crippen molar-refractivity contribution in [2.24, 2.45) is 0 Å². The number of nitrogens with zero attached hydrogens (tertiary/aromatic N) is 3. The lowest BCUT2D eigenvalue weighted by atomic mass is 10.2. The van der Waals surface area contributed by atoms with Crippen molar-refractivity contribution in [3.8, 4) is 0 Å². The maximum atomic E-state index is 12.6. The Balaban J connectivity index is 1.32. The molecule has 27 heavy (non-hydrogen) atoms. The Kier molecular flexibility index (Phi) is 5.50. The molecule has 2 heterocycles. The molecule has 0 atom stereocenters. The standard InChI is InChI=1S/C21H20ClN3OS/c22-17-6-2-4-8-19(17)24-11-13-25(14-12-24)21(26)15-27-20-10-9-16-5-1-3-7-18(16)23-20/h1-10H,11-15H2. The molecule has 4 nitrogen and oxygen atoms in total. The van der Waals surface area contributed by atoms with Crippen molar-refractivity contribution in [3.05, 3.63) is 65.7 Å². The van der Waals surface area contributed by atoms with Gasteiger partial charge in [-0.2, -0.15) is 0 Å². The summed E-state index contributed by atoms with van der Waals surface area (Å²) in [6.07, 6.45) is 0. The average Bonchev–Trinajstić information content (AvgIpc) is 2.72. The highest BCUT2D eigenvalue weighted by atomic mass is 35.5. The molecule has 1 aromatic heterocycles. The largest absolute Gasteiger partial charge is 0.367 e. The van der Waals surface area contributed by atoms with Gasteiger partial charge in [0.25, 0.3) is 0 Å². The van der Waals surface area contributed by atoms with E-state index in [-0.39, 0.29) is 5.91 Å². The predicted molar refractivity (Wildman–Crippen MR) is 113 cm³/mol. The maximum Gasteiger partial charge on any atom is 0.233 e. The fourth-order valence-electron chi connectivity index (χ4n) is 3.26. The number of pyridine rings is 1. The Bertz CT molecular complexity index is 957. The van der Waals surface area contributed by atoms with Crippen LogP contribution in [0.4, 0.5) is 5.69 Å². The minimum absolute atomic E-state index is 0.161. The third-order valence-corrected chi connectivity index (χ3v) is 5.98. The second kappa shape index (κ2) is 8.19. The van der Waals surface area contributed by atoms with Gasteiger partial charge in [0, 0.05) is 31.6 Å². The third-order valence-electron chi connectivity index (χ3n) is 4.74. The summed E-state index contributed by atoms with van der Waals surface area (Å²) in [5.74, 6) is 0.575. The van der Waals surface area contributed by atoms with Crippen molar-refractivity contribution in [3.63, 3.8) is 0 Å². The van der Waals surface area contributed by atoms with Gasteiger partial charge in [-0.05, 0) is 24.3 Å². The molecule has 0 saturated carbocycles. The lowest BCUT2D eigenvalue weighted by Gasteiger charge is -2.36. The second-order valence-electron chi connectivity index (χ2n) is 6.45. The van der Waals surface area contributed by atoms with Gasteiger partial charge >= 0.3 is 0 Å². The molecular weight excluding hydrogens is 378 g/mol. The van der Waals surface area contributed by atoms with E-state index in [0.29, 0.717) is 5.75 Å². The van der Waals surface area contributed by atoms with Crippen LogP contribution in [-0.4, -0.2) is 47.7 Å². The summed E-state index contributed by atoms with van der Waals surface area (Å²) in [7, 11) is 0. The SMILES string of the molecule is O=C(CSc1ccc2ccccc2n1)N1CCN(c2ccccc2Cl)CC1. The van der Waals surface area contributed by atoms with Gasteiger partial charge in [-0.3, -0.25) is 4.79 Å². The number of anilines is 1. The molecule has 0 aliphatic carbocycles. The summed E-state index contributed by atoms with van der Waals surface area (Å²) in [5, 5.41) is 2.76. The van der Waals surface area contributed by atoms with Crippen molar-refractivity contribution in [1.29, 1.82) is 0 Å². The summed E-state index contributed by atoms with van der Waals surface area (Å²) in [5.41, 5.74) is 2.00. The zero-order valence-electron chi connectivity index (χ0n) is 14.8. The van der Waals surface area contributed by atoms with Gasteiger partial charge in [0.2, 0.25) is 5.91 Å². The maximum absolute atomic E-state index is 12.6. The first-order valence-corrected chi connectivity index (χ1v) is 10.3. The van der Waals surface area contributed by atoms with Gasteiger partial charge in [0.1, 0.15) is 0 Å². The number of halogens is 1. The molecule has 138 valence electrons. The minimum atomic E-state index is 0.161. The van der Waals surface area contributed by atoms with Crippen molar-refractivity contribution >= 4 is 45.9 Å².